The van der Waals surface area contributed by atoms with E-state index in [0.717, 1.165) is 6.42 Å². The lowest BCUT2D eigenvalue weighted by Gasteiger charge is -2.33. The number of hydrogen-bond donors (Lipinski definition) is 10. The van der Waals surface area contributed by atoms with E-state index in [2.05, 4.69) is 15.0 Å². The molecule has 21 nitrogen and oxygen atoms in total. The van der Waals surface area contributed by atoms with Crippen LogP contribution in [0.1, 0.15) is 128 Å². The molecule has 0 saturated heterocycles. The van der Waals surface area contributed by atoms with Crippen LogP contribution in [0, 0.1) is 5.41 Å². The second kappa shape index (κ2) is 33.6. The van der Waals surface area contributed by atoms with E-state index in [9.17, 15) is 33.9 Å². The Kier molecular flexibility index (Phi) is 29.8. The smallest absolute Gasteiger partial charge is 0.240 e. The summed E-state index contributed by atoms with van der Waals surface area (Å²) in [6, 6.07) is -2.70. The van der Waals surface area contributed by atoms with Crippen LogP contribution in [0.4, 0.5) is 0 Å². The zero-order valence-corrected chi connectivity index (χ0v) is 37.4. The number of aromatic amines is 1. The number of nitrogens with two attached hydrogens (primary N) is 7. The number of carbonyl (C=O) groups is 6. The number of rotatable bonds is 39. The van der Waals surface area contributed by atoms with E-state index in [4.69, 9.17) is 45.5 Å². The second-order valence-corrected chi connectivity index (χ2v) is 15.8. The summed E-state index contributed by atoms with van der Waals surface area (Å²) in [5, 5.41) is 17.1. The highest BCUT2D eigenvalue weighted by Gasteiger charge is 2.33. The molecule has 0 bridgehead atoms. The standard InChI is InChI=1S/C42H78N14O7/c43-20-7-1-2-17-39(61)55(25-10-14-35(58)32(12-3-4-16-37(46)47)56(26-22-45)40(62)19-27-57)34(28-31-29-51-30-53-31)36(59)15-11-24-54(33(41(48)63)13-5-8-21-44)38(60)18-6-9-23-52-42(49)50/h29-30,32-34,57H,1-28,43-45H2,(H3,46,47)(H2,48,63)(H,51,53)(H4,49,50,52). The summed E-state index contributed by atoms with van der Waals surface area (Å²) in [4.78, 5) is 97.4. The molecule has 0 aliphatic carbocycles. The molecular weight excluding hydrogens is 813 g/mol. The molecule has 4 amide bonds. The molecule has 0 aliphatic rings. The number of guanidine groups is 1. The third kappa shape index (κ3) is 23.3. The predicted octanol–water partition coefficient (Wildman–Crippen LogP) is -0.343. The highest BCUT2D eigenvalue weighted by molar-refractivity contribution is 5.91. The third-order valence-electron chi connectivity index (χ3n) is 10.8. The number of aromatic nitrogens is 2. The van der Waals surface area contributed by atoms with Gasteiger partial charge in [-0.05, 0) is 83.7 Å². The normalized spacial score (nSPS) is 12.5. The van der Waals surface area contributed by atoms with Gasteiger partial charge in [-0.25, -0.2) is 4.98 Å². The maximum atomic E-state index is 14.4. The number of H-pyrrole nitrogens is 1. The Balaban J connectivity index is 3.43. The van der Waals surface area contributed by atoms with E-state index >= 15 is 0 Å². The molecule has 21 heteroatoms. The van der Waals surface area contributed by atoms with Crippen LogP contribution in [0.15, 0.2) is 17.5 Å². The average Bonchev–Trinajstić information content (AvgIpc) is 3.76. The number of hydrogen-bond acceptors (Lipinski definition) is 13. The number of imidazole rings is 1. The van der Waals surface area contributed by atoms with Crippen molar-refractivity contribution in [2.75, 3.05) is 52.4 Å². The molecule has 0 aromatic carbocycles. The van der Waals surface area contributed by atoms with E-state index in [1.165, 1.54) is 21.0 Å². The molecule has 358 valence electrons. The number of nitrogens with one attached hydrogen (secondary N) is 2. The third-order valence-corrected chi connectivity index (χ3v) is 10.8. The van der Waals surface area contributed by atoms with E-state index in [1.807, 2.05) is 0 Å². The van der Waals surface area contributed by atoms with Crippen molar-refractivity contribution in [3.63, 3.8) is 0 Å². The van der Waals surface area contributed by atoms with Crippen molar-refractivity contribution < 1.29 is 33.9 Å². The van der Waals surface area contributed by atoms with E-state index < -0.39 is 36.5 Å². The second-order valence-electron chi connectivity index (χ2n) is 15.8. The van der Waals surface area contributed by atoms with Gasteiger partial charge >= 0.3 is 0 Å². The van der Waals surface area contributed by atoms with Crippen molar-refractivity contribution in [2.45, 2.75) is 147 Å². The van der Waals surface area contributed by atoms with Gasteiger partial charge < -0.3 is 64.9 Å². The molecule has 1 aromatic rings. The van der Waals surface area contributed by atoms with Crippen molar-refractivity contribution in [2.24, 2.45) is 45.1 Å². The Bertz CT molecular complexity index is 1540. The monoisotopic (exact) mass is 891 g/mol. The van der Waals surface area contributed by atoms with Crippen molar-refractivity contribution in [3.8, 4) is 0 Å². The molecule has 0 radical (unpaired) electrons. The Hall–Kier alpha value is -4.99. The number of aliphatic hydroxyl groups excluding tert-OH is 1. The lowest BCUT2D eigenvalue weighted by Crippen LogP contribution is -2.49. The predicted molar refractivity (Wildman–Crippen MR) is 243 cm³/mol. The Morgan fingerprint density at radius 3 is 1.68 bits per heavy atom. The van der Waals surface area contributed by atoms with E-state index in [-0.39, 0.29) is 113 Å². The number of aliphatic hydroxyl groups is 1. The number of nitrogens with zero attached hydrogens (tertiary/aromatic N) is 5. The fraction of sp³-hybridized carbons (Fsp3) is 0.738. The number of unbranched alkanes of at least 4 members (excludes halogenated alkanes) is 5. The lowest BCUT2D eigenvalue weighted by atomic mass is 9.97. The highest BCUT2D eigenvalue weighted by Crippen LogP contribution is 2.20. The van der Waals surface area contributed by atoms with Crippen LogP contribution in [0.5, 0.6) is 0 Å². The van der Waals surface area contributed by atoms with Gasteiger partial charge in [0.2, 0.25) is 23.6 Å². The number of aliphatic imine (C=N–C) groups is 1. The minimum Gasteiger partial charge on any atom is -0.396 e. The van der Waals surface area contributed by atoms with Gasteiger partial charge in [-0.2, -0.15) is 0 Å². The molecule has 1 aromatic heterocycles. The summed E-state index contributed by atoms with van der Waals surface area (Å²) in [6.45, 7) is 1.15. The molecule has 0 saturated carbocycles. The number of Topliss-reactive ketones (excluding diaryl/α,β-unsaturated/α-hetero) is 2. The minimum absolute atomic E-state index is 0.0194. The van der Waals surface area contributed by atoms with Crippen molar-refractivity contribution in [1.82, 2.24) is 24.7 Å². The molecule has 0 fully saturated rings. The molecule has 1 heterocycles. The van der Waals surface area contributed by atoms with Crippen LogP contribution >= 0.6 is 0 Å². The molecule has 0 spiro atoms. The molecule has 1 rings (SSSR count). The number of primary amides is 1. The van der Waals surface area contributed by atoms with Crippen molar-refractivity contribution in [3.05, 3.63) is 18.2 Å². The van der Waals surface area contributed by atoms with Crippen molar-refractivity contribution in [1.29, 1.82) is 5.41 Å². The van der Waals surface area contributed by atoms with Gasteiger partial charge in [0.25, 0.3) is 0 Å². The van der Waals surface area contributed by atoms with Crippen LogP contribution in [0.25, 0.3) is 0 Å². The first-order chi connectivity index (χ1) is 30.2. The Morgan fingerprint density at radius 1 is 0.619 bits per heavy atom. The summed E-state index contributed by atoms with van der Waals surface area (Å²) in [5.41, 5.74) is 40.1. The summed E-state index contributed by atoms with van der Waals surface area (Å²) in [6.07, 6.45) is 9.74. The van der Waals surface area contributed by atoms with Gasteiger partial charge in [0, 0.05) is 89.6 Å². The summed E-state index contributed by atoms with van der Waals surface area (Å²) in [7, 11) is 0. The fourth-order valence-corrected chi connectivity index (χ4v) is 7.48. The van der Waals surface area contributed by atoms with Crippen LogP contribution in [-0.4, -0.2) is 147 Å². The number of amides is 4. The molecule has 63 heavy (non-hydrogen) atoms. The topological polar surface area (TPSA) is 379 Å². The van der Waals surface area contributed by atoms with Crippen LogP contribution in [0.3, 0.4) is 0 Å². The quantitative estimate of drug-likeness (QED) is 0.0230. The highest BCUT2D eigenvalue weighted by atomic mass is 16.3. The summed E-state index contributed by atoms with van der Waals surface area (Å²) >= 11 is 0. The van der Waals surface area contributed by atoms with Gasteiger partial charge in [0.05, 0.1) is 30.9 Å². The Labute approximate surface area is 372 Å². The first kappa shape index (κ1) is 56.0. The summed E-state index contributed by atoms with van der Waals surface area (Å²) in [5.74, 6) is -2.19. The molecule has 0 aliphatic heterocycles. The van der Waals surface area contributed by atoms with E-state index in [0.29, 0.717) is 96.0 Å². The molecule has 17 N–H and O–H groups in total. The summed E-state index contributed by atoms with van der Waals surface area (Å²) < 4.78 is 0. The minimum atomic E-state index is -0.957. The van der Waals surface area contributed by atoms with Crippen molar-refractivity contribution >= 4 is 47.0 Å². The zero-order chi connectivity index (χ0) is 47.0. The first-order valence-electron chi connectivity index (χ1n) is 22.5. The maximum Gasteiger partial charge on any atom is 0.240 e. The van der Waals surface area contributed by atoms with Gasteiger partial charge in [-0.1, -0.05) is 12.8 Å². The zero-order valence-electron chi connectivity index (χ0n) is 37.4. The van der Waals surface area contributed by atoms with Crippen LogP contribution in [0.2, 0.25) is 0 Å². The maximum absolute atomic E-state index is 14.4. The van der Waals surface area contributed by atoms with Gasteiger partial charge in [0.15, 0.2) is 17.5 Å². The van der Waals surface area contributed by atoms with Gasteiger partial charge in [0.1, 0.15) is 6.04 Å². The number of amidine groups is 1. The van der Waals surface area contributed by atoms with Crippen LogP contribution in [-0.2, 0) is 35.2 Å². The molecule has 3 unspecified atom stereocenters. The number of carbonyl (C=O) groups excluding carboxylic acids is 6. The first-order valence-corrected chi connectivity index (χ1v) is 22.5. The molecular formula is C42H78N14O7. The number of ketones is 2. The lowest BCUT2D eigenvalue weighted by molar-refractivity contribution is -0.141. The largest absolute Gasteiger partial charge is 0.396 e. The SMILES string of the molecule is N=C(N)CCCCC(C(=O)CCCN(C(=O)CCCCCN)C(Cc1cnc[nH]1)C(=O)CCCN(C(=O)CCCCN=C(N)N)C(CCCCN)C(N)=O)N(CCN)C(=O)CCO. The molecule has 3 atom stereocenters. The van der Waals surface area contributed by atoms with Gasteiger partial charge in [-0.3, -0.25) is 39.2 Å². The van der Waals surface area contributed by atoms with E-state index in [1.54, 1.807) is 6.20 Å². The van der Waals surface area contributed by atoms with Crippen LogP contribution < -0.4 is 40.1 Å². The average molecular weight is 891 g/mol. The van der Waals surface area contributed by atoms with Gasteiger partial charge in [-0.15, -0.1) is 0 Å². The fourth-order valence-electron chi connectivity index (χ4n) is 7.48. The Morgan fingerprint density at radius 2 is 1.14 bits per heavy atom.